The van der Waals surface area contributed by atoms with Crippen molar-refractivity contribution < 1.29 is 4.79 Å². The topological polar surface area (TPSA) is 29.1 Å². The highest BCUT2D eigenvalue weighted by Gasteiger charge is 2.10. The number of carbonyl (C=O) groups is 1. The molecule has 3 aromatic rings. The first-order valence-corrected chi connectivity index (χ1v) is 7.02. The first-order chi connectivity index (χ1) is 10.2. The van der Waals surface area contributed by atoms with E-state index in [-0.39, 0.29) is 5.91 Å². The molecular formula is C19H17NO. The van der Waals surface area contributed by atoms with Gasteiger partial charge in [0.05, 0.1) is 0 Å². The molecule has 1 amide bonds. The van der Waals surface area contributed by atoms with Crippen LogP contribution in [0.2, 0.25) is 0 Å². The minimum Gasteiger partial charge on any atom is -0.321 e. The molecule has 0 aliphatic carbocycles. The summed E-state index contributed by atoms with van der Waals surface area (Å²) in [5.41, 5.74) is 3.75. The van der Waals surface area contributed by atoms with E-state index in [9.17, 15) is 4.79 Å². The summed E-state index contributed by atoms with van der Waals surface area (Å²) in [4.78, 5) is 12.5. The van der Waals surface area contributed by atoms with Gasteiger partial charge in [-0.1, -0.05) is 48.5 Å². The predicted octanol–water partition coefficient (Wildman–Crippen LogP) is 4.71. The maximum Gasteiger partial charge on any atom is 0.255 e. The van der Waals surface area contributed by atoms with Gasteiger partial charge < -0.3 is 5.32 Å². The molecule has 2 nitrogen and oxygen atoms in total. The third-order valence-electron chi connectivity index (χ3n) is 3.78. The lowest BCUT2D eigenvalue weighted by Crippen LogP contribution is -2.13. The van der Waals surface area contributed by atoms with Crippen LogP contribution in [0.3, 0.4) is 0 Å². The molecule has 0 saturated carbocycles. The van der Waals surface area contributed by atoms with E-state index in [1.54, 1.807) is 0 Å². The maximum absolute atomic E-state index is 12.5. The zero-order chi connectivity index (χ0) is 14.8. The summed E-state index contributed by atoms with van der Waals surface area (Å²) in [7, 11) is 0. The van der Waals surface area contributed by atoms with Crippen LogP contribution < -0.4 is 5.32 Å². The Bertz CT molecular complexity index is 821. The molecule has 0 bridgehead atoms. The zero-order valence-corrected chi connectivity index (χ0v) is 12.2. The van der Waals surface area contributed by atoms with Crippen molar-refractivity contribution in [2.75, 3.05) is 5.32 Å². The Balaban J connectivity index is 2.01. The van der Waals surface area contributed by atoms with Crippen molar-refractivity contribution in [3.8, 4) is 0 Å². The predicted molar refractivity (Wildman–Crippen MR) is 87.8 cm³/mol. The average Bonchev–Trinajstić information content (AvgIpc) is 2.51. The molecule has 0 fully saturated rings. The summed E-state index contributed by atoms with van der Waals surface area (Å²) in [5, 5.41) is 5.27. The fourth-order valence-corrected chi connectivity index (χ4v) is 2.58. The van der Waals surface area contributed by atoms with Gasteiger partial charge in [0.25, 0.3) is 5.91 Å². The lowest BCUT2D eigenvalue weighted by Gasteiger charge is -2.11. The van der Waals surface area contributed by atoms with Gasteiger partial charge in [-0.05, 0) is 42.5 Å². The third-order valence-corrected chi connectivity index (χ3v) is 3.78. The third kappa shape index (κ3) is 2.52. The number of hydrogen-bond donors (Lipinski definition) is 1. The second kappa shape index (κ2) is 5.41. The summed E-state index contributed by atoms with van der Waals surface area (Å²) in [6, 6.07) is 19.7. The Morgan fingerprint density at radius 2 is 1.43 bits per heavy atom. The van der Waals surface area contributed by atoms with Crippen LogP contribution in [0.25, 0.3) is 10.8 Å². The second-order valence-corrected chi connectivity index (χ2v) is 5.24. The van der Waals surface area contributed by atoms with Crippen molar-refractivity contribution >= 4 is 22.4 Å². The number of carbonyl (C=O) groups excluding carboxylic acids is 1. The Morgan fingerprint density at radius 1 is 0.762 bits per heavy atom. The van der Waals surface area contributed by atoms with E-state index in [4.69, 9.17) is 0 Å². The van der Waals surface area contributed by atoms with Crippen LogP contribution in [0.1, 0.15) is 21.5 Å². The highest BCUT2D eigenvalue weighted by molar-refractivity contribution is 6.10. The molecule has 2 heteroatoms. The number of amides is 1. The zero-order valence-electron chi connectivity index (χ0n) is 12.2. The van der Waals surface area contributed by atoms with E-state index in [1.165, 1.54) is 10.9 Å². The minimum atomic E-state index is -0.0675. The number of anilines is 1. The van der Waals surface area contributed by atoms with Crippen LogP contribution in [-0.2, 0) is 0 Å². The number of hydrogen-bond acceptors (Lipinski definition) is 1. The van der Waals surface area contributed by atoms with Crippen LogP contribution in [0.5, 0.6) is 0 Å². The van der Waals surface area contributed by atoms with Gasteiger partial charge in [-0.25, -0.2) is 0 Å². The molecule has 0 saturated heterocycles. The number of fused-ring (bicyclic) bond motifs is 1. The fraction of sp³-hybridized carbons (Fsp3) is 0.105. The molecule has 3 aromatic carbocycles. The Labute approximate surface area is 124 Å². The van der Waals surface area contributed by atoms with Gasteiger partial charge in [-0.15, -0.1) is 0 Å². The molecule has 0 atom stereocenters. The van der Waals surface area contributed by atoms with Crippen LogP contribution in [0.15, 0.2) is 60.7 Å². The Hall–Kier alpha value is -2.61. The van der Waals surface area contributed by atoms with Crippen molar-refractivity contribution in [1.29, 1.82) is 0 Å². The van der Waals surface area contributed by atoms with Gasteiger partial charge >= 0.3 is 0 Å². The maximum atomic E-state index is 12.5. The average molecular weight is 275 g/mol. The van der Waals surface area contributed by atoms with Crippen LogP contribution in [-0.4, -0.2) is 5.91 Å². The summed E-state index contributed by atoms with van der Waals surface area (Å²) >= 11 is 0. The summed E-state index contributed by atoms with van der Waals surface area (Å²) < 4.78 is 0. The largest absolute Gasteiger partial charge is 0.321 e. The number of benzene rings is 3. The van der Waals surface area contributed by atoms with Crippen molar-refractivity contribution in [2.24, 2.45) is 0 Å². The standard InChI is InChI=1S/C19H17NO/c1-13-7-3-4-9-16(13)19(21)20-18-12-11-14(2)15-8-5-6-10-17(15)18/h3-12H,1-2H3,(H,20,21). The Kier molecular flexibility index (Phi) is 3.44. The second-order valence-electron chi connectivity index (χ2n) is 5.24. The monoisotopic (exact) mass is 275 g/mol. The van der Waals surface area contributed by atoms with E-state index >= 15 is 0 Å². The number of nitrogens with one attached hydrogen (secondary N) is 1. The van der Waals surface area contributed by atoms with Gasteiger partial charge in [0.15, 0.2) is 0 Å². The van der Waals surface area contributed by atoms with E-state index in [1.807, 2.05) is 61.5 Å². The van der Waals surface area contributed by atoms with Crippen LogP contribution in [0.4, 0.5) is 5.69 Å². The molecule has 21 heavy (non-hydrogen) atoms. The SMILES string of the molecule is Cc1ccccc1C(=O)Nc1ccc(C)c2ccccc12. The molecule has 1 N–H and O–H groups in total. The molecule has 104 valence electrons. The van der Waals surface area contributed by atoms with E-state index in [0.29, 0.717) is 5.56 Å². The summed E-state index contributed by atoms with van der Waals surface area (Å²) in [6.45, 7) is 4.03. The van der Waals surface area contributed by atoms with E-state index < -0.39 is 0 Å². The lowest BCUT2D eigenvalue weighted by atomic mass is 10.0. The van der Waals surface area contributed by atoms with Gasteiger partial charge in [0.2, 0.25) is 0 Å². The molecule has 0 heterocycles. The van der Waals surface area contributed by atoms with Gasteiger partial charge in [-0.2, -0.15) is 0 Å². The fourth-order valence-electron chi connectivity index (χ4n) is 2.58. The smallest absolute Gasteiger partial charge is 0.255 e. The molecule has 0 aromatic heterocycles. The highest BCUT2D eigenvalue weighted by Crippen LogP contribution is 2.26. The molecule has 0 aliphatic rings. The van der Waals surface area contributed by atoms with E-state index in [2.05, 4.69) is 18.3 Å². The molecular weight excluding hydrogens is 258 g/mol. The van der Waals surface area contributed by atoms with Crippen LogP contribution in [0, 0.1) is 13.8 Å². The van der Waals surface area contributed by atoms with E-state index in [0.717, 1.165) is 16.6 Å². The van der Waals surface area contributed by atoms with Gasteiger partial charge in [0.1, 0.15) is 0 Å². The van der Waals surface area contributed by atoms with Crippen molar-refractivity contribution in [3.63, 3.8) is 0 Å². The first kappa shape index (κ1) is 13.4. The van der Waals surface area contributed by atoms with Crippen molar-refractivity contribution in [3.05, 3.63) is 77.4 Å². The van der Waals surface area contributed by atoms with Gasteiger partial charge in [-0.3, -0.25) is 4.79 Å². The quantitative estimate of drug-likeness (QED) is 0.721. The molecule has 3 rings (SSSR count). The number of aryl methyl sites for hydroxylation is 2. The van der Waals surface area contributed by atoms with Crippen molar-refractivity contribution in [1.82, 2.24) is 0 Å². The molecule has 0 aliphatic heterocycles. The Morgan fingerprint density at radius 3 is 2.19 bits per heavy atom. The summed E-state index contributed by atoms with van der Waals surface area (Å²) in [5.74, 6) is -0.0675. The summed E-state index contributed by atoms with van der Waals surface area (Å²) in [6.07, 6.45) is 0. The number of rotatable bonds is 2. The molecule has 0 spiro atoms. The highest BCUT2D eigenvalue weighted by atomic mass is 16.1. The molecule has 0 radical (unpaired) electrons. The van der Waals surface area contributed by atoms with Crippen LogP contribution >= 0.6 is 0 Å². The normalized spacial score (nSPS) is 10.6. The lowest BCUT2D eigenvalue weighted by molar-refractivity contribution is 0.102. The van der Waals surface area contributed by atoms with Crippen molar-refractivity contribution in [2.45, 2.75) is 13.8 Å². The minimum absolute atomic E-state index is 0.0675. The molecule has 0 unspecified atom stereocenters. The first-order valence-electron chi connectivity index (χ1n) is 7.02. The van der Waals surface area contributed by atoms with Gasteiger partial charge in [0, 0.05) is 16.6 Å².